The first-order valence-corrected chi connectivity index (χ1v) is 8.76. The van der Waals surface area contributed by atoms with E-state index in [1.165, 1.54) is 64.6 Å². The van der Waals surface area contributed by atoms with Gasteiger partial charge in [0, 0.05) is 18.1 Å². The number of nitrogens with two attached hydrogens (primary N) is 1. The summed E-state index contributed by atoms with van der Waals surface area (Å²) >= 11 is 0. The second-order valence-corrected chi connectivity index (χ2v) is 7.25. The van der Waals surface area contributed by atoms with E-state index in [9.17, 15) is 0 Å². The lowest BCUT2D eigenvalue weighted by Crippen LogP contribution is -2.57. The summed E-state index contributed by atoms with van der Waals surface area (Å²) in [6, 6.07) is 0.760. The SMILES string of the molecule is CCN1CCCC(CN)(N(C)C2CCCC(C)C2)CC1. The zero-order valence-corrected chi connectivity index (χ0v) is 13.9. The highest BCUT2D eigenvalue weighted by molar-refractivity contribution is 4.96. The Hall–Kier alpha value is -0.120. The van der Waals surface area contributed by atoms with Crippen LogP contribution in [0, 0.1) is 5.92 Å². The standard InChI is InChI=1S/C17H35N3/c1-4-20-11-6-9-17(14-18,10-12-20)19(3)16-8-5-7-15(2)13-16/h15-16H,4-14,18H2,1-3H3. The molecule has 2 fully saturated rings. The third-order valence-corrected chi connectivity index (χ3v) is 6.04. The van der Waals surface area contributed by atoms with Gasteiger partial charge in [0.1, 0.15) is 0 Å². The highest BCUT2D eigenvalue weighted by atomic mass is 15.2. The monoisotopic (exact) mass is 281 g/mol. The van der Waals surface area contributed by atoms with E-state index in [1.54, 1.807) is 0 Å². The van der Waals surface area contributed by atoms with Crippen LogP contribution >= 0.6 is 0 Å². The molecule has 3 heteroatoms. The normalized spacial score (nSPS) is 37.0. The van der Waals surface area contributed by atoms with Crippen LogP contribution in [0.5, 0.6) is 0 Å². The van der Waals surface area contributed by atoms with E-state index in [4.69, 9.17) is 5.73 Å². The van der Waals surface area contributed by atoms with Crippen LogP contribution in [0.1, 0.15) is 58.8 Å². The number of hydrogen-bond acceptors (Lipinski definition) is 3. The molecule has 2 aliphatic rings. The first-order chi connectivity index (χ1) is 9.61. The Morgan fingerprint density at radius 1 is 1.20 bits per heavy atom. The van der Waals surface area contributed by atoms with Crippen molar-refractivity contribution in [3.63, 3.8) is 0 Å². The minimum absolute atomic E-state index is 0.256. The molecule has 0 radical (unpaired) electrons. The summed E-state index contributed by atoms with van der Waals surface area (Å²) in [4.78, 5) is 5.29. The molecule has 0 aromatic heterocycles. The van der Waals surface area contributed by atoms with Crippen molar-refractivity contribution < 1.29 is 0 Å². The summed E-state index contributed by atoms with van der Waals surface area (Å²) in [7, 11) is 2.36. The van der Waals surface area contributed by atoms with Gasteiger partial charge in [-0.25, -0.2) is 0 Å². The second kappa shape index (κ2) is 7.24. The predicted molar refractivity (Wildman–Crippen MR) is 86.9 cm³/mol. The first-order valence-electron chi connectivity index (χ1n) is 8.76. The Labute approximate surface area is 125 Å². The third kappa shape index (κ3) is 3.55. The Balaban J connectivity index is 2.04. The van der Waals surface area contributed by atoms with E-state index in [1.807, 2.05) is 0 Å². The number of rotatable bonds is 4. The van der Waals surface area contributed by atoms with Gasteiger partial charge in [-0.05, 0) is 64.7 Å². The minimum atomic E-state index is 0.256. The van der Waals surface area contributed by atoms with Crippen LogP contribution in [-0.4, -0.2) is 54.6 Å². The second-order valence-electron chi connectivity index (χ2n) is 7.25. The van der Waals surface area contributed by atoms with Crippen molar-refractivity contribution in [3.05, 3.63) is 0 Å². The zero-order valence-electron chi connectivity index (χ0n) is 13.9. The molecule has 1 aliphatic heterocycles. The lowest BCUT2D eigenvalue weighted by Gasteiger charge is -2.47. The lowest BCUT2D eigenvalue weighted by molar-refractivity contribution is 0.0361. The third-order valence-electron chi connectivity index (χ3n) is 6.04. The molecule has 0 aromatic carbocycles. The Kier molecular flexibility index (Phi) is 5.88. The summed E-state index contributed by atoms with van der Waals surface area (Å²) < 4.78 is 0. The average molecular weight is 281 g/mol. The topological polar surface area (TPSA) is 32.5 Å². The van der Waals surface area contributed by atoms with Gasteiger partial charge in [0.2, 0.25) is 0 Å². The average Bonchev–Trinajstić information content (AvgIpc) is 2.69. The molecule has 3 atom stereocenters. The summed E-state index contributed by atoms with van der Waals surface area (Å²) in [6.45, 7) is 9.19. The van der Waals surface area contributed by atoms with Crippen molar-refractivity contribution in [2.45, 2.75) is 70.4 Å². The van der Waals surface area contributed by atoms with E-state index < -0.39 is 0 Å². The van der Waals surface area contributed by atoms with Crippen molar-refractivity contribution in [2.24, 2.45) is 11.7 Å². The van der Waals surface area contributed by atoms with Crippen molar-refractivity contribution >= 4 is 0 Å². The fraction of sp³-hybridized carbons (Fsp3) is 1.00. The van der Waals surface area contributed by atoms with Gasteiger partial charge in [-0.3, -0.25) is 4.90 Å². The van der Waals surface area contributed by atoms with Crippen LogP contribution in [0.15, 0.2) is 0 Å². The van der Waals surface area contributed by atoms with Gasteiger partial charge in [-0.1, -0.05) is 26.7 Å². The van der Waals surface area contributed by atoms with E-state index in [2.05, 4.69) is 30.7 Å². The van der Waals surface area contributed by atoms with Crippen LogP contribution < -0.4 is 5.73 Å². The number of likely N-dealkylation sites (tertiary alicyclic amines) is 1. The summed E-state index contributed by atoms with van der Waals surface area (Å²) in [5.41, 5.74) is 6.53. The molecule has 20 heavy (non-hydrogen) atoms. The van der Waals surface area contributed by atoms with Crippen molar-refractivity contribution in [1.29, 1.82) is 0 Å². The fourth-order valence-electron chi connectivity index (χ4n) is 4.39. The van der Waals surface area contributed by atoms with E-state index in [0.29, 0.717) is 0 Å². The number of nitrogens with zero attached hydrogens (tertiary/aromatic N) is 2. The lowest BCUT2D eigenvalue weighted by atomic mass is 9.81. The molecule has 3 unspecified atom stereocenters. The maximum atomic E-state index is 6.28. The molecule has 2 N–H and O–H groups in total. The van der Waals surface area contributed by atoms with Gasteiger partial charge in [-0.15, -0.1) is 0 Å². The molecule has 1 saturated carbocycles. The molecule has 1 saturated heterocycles. The smallest absolute Gasteiger partial charge is 0.0344 e. The predicted octanol–water partition coefficient (Wildman–Crippen LogP) is 2.70. The van der Waals surface area contributed by atoms with E-state index in [-0.39, 0.29) is 5.54 Å². The Bertz CT molecular complexity index is 294. The maximum Gasteiger partial charge on any atom is 0.0344 e. The van der Waals surface area contributed by atoms with Crippen LogP contribution in [0.4, 0.5) is 0 Å². The van der Waals surface area contributed by atoms with E-state index in [0.717, 1.165) is 18.5 Å². The molecule has 0 bridgehead atoms. The molecule has 1 aliphatic carbocycles. The molecule has 0 aromatic rings. The van der Waals surface area contributed by atoms with Gasteiger partial charge in [-0.2, -0.15) is 0 Å². The quantitative estimate of drug-likeness (QED) is 0.860. The van der Waals surface area contributed by atoms with Crippen LogP contribution in [0.3, 0.4) is 0 Å². The van der Waals surface area contributed by atoms with Crippen molar-refractivity contribution in [3.8, 4) is 0 Å². The van der Waals surface area contributed by atoms with Crippen molar-refractivity contribution in [1.82, 2.24) is 9.80 Å². The van der Waals surface area contributed by atoms with Gasteiger partial charge >= 0.3 is 0 Å². The summed E-state index contributed by atoms with van der Waals surface area (Å²) in [6.07, 6.45) is 9.40. The number of likely N-dealkylation sites (N-methyl/N-ethyl adjacent to an activating group) is 1. The first kappa shape index (κ1) is 16.3. The van der Waals surface area contributed by atoms with Gasteiger partial charge < -0.3 is 10.6 Å². The van der Waals surface area contributed by atoms with E-state index >= 15 is 0 Å². The molecule has 2 rings (SSSR count). The largest absolute Gasteiger partial charge is 0.329 e. The van der Waals surface area contributed by atoms with Gasteiger partial charge in [0.15, 0.2) is 0 Å². The molecule has 1 heterocycles. The van der Waals surface area contributed by atoms with Gasteiger partial charge in [0.05, 0.1) is 0 Å². The highest BCUT2D eigenvalue weighted by Crippen LogP contribution is 2.34. The molecule has 3 nitrogen and oxygen atoms in total. The zero-order chi connectivity index (χ0) is 14.6. The maximum absolute atomic E-state index is 6.28. The Morgan fingerprint density at radius 2 is 2.00 bits per heavy atom. The Morgan fingerprint density at radius 3 is 2.65 bits per heavy atom. The number of hydrogen-bond donors (Lipinski definition) is 1. The molecular weight excluding hydrogens is 246 g/mol. The highest BCUT2D eigenvalue weighted by Gasteiger charge is 2.39. The van der Waals surface area contributed by atoms with Gasteiger partial charge in [0.25, 0.3) is 0 Å². The molecular formula is C17H35N3. The van der Waals surface area contributed by atoms with Crippen LogP contribution in [-0.2, 0) is 0 Å². The fourth-order valence-corrected chi connectivity index (χ4v) is 4.39. The summed E-state index contributed by atoms with van der Waals surface area (Å²) in [5, 5.41) is 0. The minimum Gasteiger partial charge on any atom is -0.329 e. The molecule has 118 valence electrons. The molecule has 0 spiro atoms. The van der Waals surface area contributed by atoms with Crippen LogP contribution in [0.2, 0.25) is 0 Å². The van der Waals surface area contributed by atoms with Crippen LogP contribution in [0.25, 0.3) is 0 Å². The molecule has 0 amide bonds. The van der Waals surface area contributed by atoms with Crippen molar-refractivity contribution in [2.75, 3.05) is 33.2 Å². The summed E-state index contributed by atoms with van der Waals surface area (Å²) in [5.74, 6) is 0.893.